The molecule has 0 aromatic heterocycles. The molecule has 0 unspecified atom stereocenters. The minimum Gasteiger partial charge on any atom is -0.506 e. The molecule has 4 nitrogen and oxygen atoms in total. The number of hydrogen-bond acceptors (Lipinski definition) is 4. The number of aromatic hydroxyl groups is 1. The Balaban J connectivity index is 1.47. The van der Waals surface area contributed by atoms with Gasteiger partial charge in [0.25, 0.3) is 0 Å². The molecule has 7 heteroatoms. The molecule has 2 aliphatic carbocycles. The minimum atomic E-state index is -4.72. The van der Waals surface area contributed by atoms with Crippen molar-refractivity contribution in [3.05, 3.63) is 47.5 Å². The molecule has 1 saturated carbocycles. The SMILES string of the molecule is CN1CC[C@@]23CCCC[C@]2(C)[C@@H]1Cc1cc(Nc2ccc(OC(F)(F)F)cc2)c(O)cc13. The van der Waals surface area contributed by atoms with Gasteiger partial charge in [-0.15, -0.1) is 13.2 Å². The third kappa shape index (κ3) is 3.33. The molecule has 1 saturated heterocycles. The van der Waals surface area contributed by atoms with E-state index in [4.69, 9.17) is 0 Å². The van der Waals surface area contributed by atoms with Crippen LogP contribution in [0.1, 0.15) is 50.2 Å². The fourth-order valence-electron chi connectivity index (χ4n) is 6.76. The Morgan fingerprint density at radius 1 is 1.09 bits per heavy atom. The number of hydrogen-bond donors (Lipinski definition) is 2. The summed E-state index contributed by atoms with van der Waals surface area (Å²) in [7, 11) is 2.23. The molecular weight excluding hydrogens is 417 g/mol. The molecule has 2 aromatic rings. The maximum absolute atomic E-state index is 12.4. The second-order valence-corrected chi connectivity index (χ2v) is 9.88. The van der Waals surface area contributed by atoms with Crippen LogP contribution >= 0.6 is 0 Å². The standard InChI is InChI=1S/C25H29F3N2O2/c1-23-9-3-4-10-24(23)11-12-30(2)22(23)14-16-13-20(21(31)15-19(16)24)29-17-5-7-18(8-6-17)32-25(26,27)28/h5-8,13,15,22,29,31H,3-4,9-12,14H2,1-2H3/t22-,23+,24+/m0/s1. The van der Waals surface area contributed by atoms with E-state index in [1.165, 1.54) is 54.7 Å². The van der Waals surface area contributed by atoms with Crippen molar-refractivity contribution in [3.63, 3.8) is 0 Å². The second kappa shape index (κ2) is 7.30. The fourth-order valence-corrected chi connectivity index (χ4v) is 6.76. The van der Waals surface area contributed by atoms with Gasteiger partial charge in [0.15, 0.2) is 0 Å². The summed E-state index contributed by atoms with van der Waals surface area (Å²) >= 11 is 0. The predicted molar refractivity (Wildman–Crippen MR) is 118 cm³/mol. The number of likely N-dealkylation sites (tertiary alicyclic amines) is 1. The Hall–Kier alpha value is -2.41. The zero-order valence-electron chi connectivity index (χ0n) is 18.4. The Morgan fingerprint density at radius 3 is 2.53 bits per heavy atom. The molecule has 0 spiro atoms. The van der Waals surface area contributed by atoms with E-state index in [1.807, 2.05) is 12.1 Å². The number of halogens is 3. The largest absolute Gasteiger partial charge is 0.573 e. The van der Waals surface area contributed by atoms with Crippen LogP contribution in [-0.2, 0) is 11.8 Å². The highest BCUT2D eigenvalue weighted by Crippen LogP contribution is 2.63. The summed E-state index contributed by atoms with van der Waals surface area (Å²) in [4.78, 5) is 2.51. The van der Waals surface area contributed by atoms with Crippen LogP contribution in [0.15, 0.2) is 36.4 Å². The van der Waals surface area contributed by atoms with Gasteiger partial charge in [0, 0.05) is 17.1 Å². The molecule has 3 aliphatic rings. The molecule has 32 heavy (non-hydrogen) atoms. The van der Waals surface area contributed by atoms with E-state index < -0.39 is 6.36 Å². The predicted octanol–water partition coefficient (Wildman–Crippen LogP) is 6.11. The monoisotopic (exact) mass is 446 g/mol. The summed E-state index contributed by atoms with van der Waals surface area (Å²) in [5.74, 6) is -0.0942. The zero-order chi connectivity index (χ0) is 22.7. The van der Waals surface area contributed by atoms with Crippen molar-refractivity contribution < 1.29 is 23.0 Å². The van der Waals surface area contributed by atoms with Crippen molar-refractivity contribution in [2.24, 2.45) is 5.41 Å². The summed E-state index contributed by atoms with van der Waals surface area (Å²) < 4.78 is 41.1. The first-order valence-corrected chi connectivity index (χ1v) is 11.3. The molecule has 3 atom stereocenters. The number of benzene rings is 2. The van der Waals surface area contributed by atoms with Crippen LogP contribution in [0.4, 0.5) is 24.5 Å². The summed E-state index contributed by atoms with van der Waals surface area (Å²) in [5, 5.41) is 14.1. The van der Waals surface area contributed by atoms with Gasteiger partial charge >= 0.3 is 6.36 Å². The highest BCUT2D eigenvalue weighted by atomic mass is 19.4. The number of ether oxygens (including phenoxy) is 1. The third-order valence-electron chi connectivity index (χ3n) is 8.32. The van der Waals surface area contributed by atoms with Crippen LogP contribution in [0, 0.1) is 5.41 Å². The van der Waals surface area contributed by atoms with Crippen molar-refractivity contribution in [2.45, 2.75) is 63.3 Å². The van der Waals surface area contributed by atoms with Crippen LogP contribution < -0.4 is 10.1 Å². The number of piperidine rings is 1. The van der Waals surface area contributed by atoms with Crippen molar-refractivity contribution in [2.75, 3.05) is 18.9 Å². The highest BCUT2D eigenvalue weighted by Gasteiger charge is 2.60. The van der Waals surface area contributed by atoms with Gasteiger partial charge in [-0.1, -0.05) is 19.8 Å². The Kier molecular flexibility index (Phi) is 4.89. The lowest BCUT2D eigenvalue weighted by Crippen LogP contribution is -2.66. The van der Waals surface area contributed by atoms with Crippen LogP contribution in [0.3, 0.4) is 0 Å². The van der Waals surface area contributed by atoms with Crippen molar-refractivity contribution in [1.82, 2.24) is 4.90 Å². The van der Waals surface area contributed by atoms with Gasteiger partial charge in [-0.2, -0.15) is 0 Å². The maximum Gasteiger partial charge on any atom is 0.573 e. The van der Waals surface area contributed by atoms with E-state index in [2.05, 4.69) is 28.9 Å². The quantitative estimate of drug-likeness (QED) is 0.558. The Bertz CT molecular complexity index is 1020. The minimum absolute atomic E-state index is 0.0998. The third-order valence-corrected chi connectivity index (χ3v) is 8.32. The number of alkyl halides is 3. The van der Waals surface area contributed by atoms with Gasteiger partial charge < -0.3 is 20.1 Å². The first kappa shape index (κ1) is 21.4. The number of anilines is 2. The van der Waals surface area contributed by atoms with Crippen LogP contribution in [0.25, 0.3) is 0 Å². The van der Waals surface area contributed by atoms with Gasteiger partial charge in [-0.3, -0.25) is 0 Å². The number of fused-ring (bicyclic) bond motifs is 1. The van der Waals surface area contributed by atoms with E-state index in [9.17, 15) is 18.3 Å². The van der Waals surface area contributed by atoms with E-state index in [0.717, 1.165) is 25.8 Å². The van der Waals surface area contributed by atoms with Gasteiger partial charge in [-0.05, 0) is 92.2 Å². The molecule has 0 radical (unpaired) electrons. The maximum atomic E-state index is 12.4. The van der Waals surface area contributed by atoms with Crippen LogP contribution in [0.2, 0.25) is 0 Å². The summed E-state index contributed by atoms with van der Waals surface area (Å²) in [5.41, 5.74) is 4.02. The van der Waals surface area contributed by atoms with E-state index >= 15 is 0 Å². The summed E-state index contributed by atoms with van der Waals surface area (Å²) in [6, 6.07) is 10.0. The molecule has 1 aliphatic heterocycles. The molecule has 1 heterocycles. The number of phenolic OH excluding ortho intramolecular Hbond substituents is 1. The molecule has 2 bridgehead atoms. The lowest BCUT2D eigenvalue weighted by Gasteiger charge is -2.65. The van der Waals surface area contributed by atoms with E-state index in [0.29, 0.717) is 17.4 Å². The normalized spacial score (nSPS) is 29.7. The van der Waals surface area contributed by atoms with Gasteiger partial charge in [-0.25, -0.2) is 0 Å². The molecule has 172 valence electrons. The number of phenols is 1. The highest BCUT2D eigenvalue weighted by molar-refractivity contribution is 5.69. The van der Waals surface area contributed by atoms with Crippen molar-refractivity contribution >= 4 is 11.4 Å². The summed E-state index contributed by atoms with van der Waals surface area (Å²) in [6.07, 6.45) is 2.19. The van der Waals surface area contributed by atoms with Gasteiger partial charge in [0.2, 0.25) is 0 Å². The number of nitrogens with zero attached hydrogens (tertiary/aromatic N) is 1. The Morgan fingerprint density at radius 2 is 1.81 bits per heavy atom. The topological polar surface area (TPSA) is 44.7 Å². The van der Waals surface area contributed by atoms with Crippen molar-refractivity contribution in [1.29, 1.82) is 0 Å². The fraction of sp³-hybridized carbons (Fsp3) is 0.520. The average Bonchev–Trinajstić information content (AvgIpc) is 2.72. The van der Waals surface area contributed by atoms with Crippen LogP contribution in [0.5, 0.6) is 11.5 Å². The lowest BCUT2D eigenvalue weighted by molar-refractivity contribution is -0.274. The zero-order valence-corrected chi connectivity index (χ0v) is 18.4. The molecule has 0 amide bonds. The molecule has 2 N–H and O–H groups in total. The number of rotatable bonds is 3. The van der Waals surface area contributed by atoms with E-state index in [-0.39, 0.29) is 22.3 Å². The van der Waals surface area contributed by atoms with Gasteiger partial charge in [0.1, 0.15) is 11.5 Å². The van der Waals surface area contributed by atoms with E-state index in [1.54, 1.807) is 0 Å². The summed E-state index contributed by atoms with van der Waals surface area (Å²) in [6.45, 7) is 3.52. The first-order valence-electron chi connectivity index (χ1n) is 11.3. The number of nitrogens with one attached hydrogen (secondary N) is 1. The van der Waals surface area contributed by atoms with Gasteiger partial charge in [0.05, 0.1) is 5.69 Å². The molecular formula is C25H29F3N2O2. The molecule has 2 fully saturated rings. The lowest BCUT2D eigenvalue weighted by atomic mass is 9.45. The smallest absolute Gasteiger partial charge is 0.506 e. The second-order valence-electron chi connectivity index (χ2n) is 9.88. The van der Waals surface area contributed by atoms with Crippen molar-refractivity contribution in [3.8, 4) is 11.5 Å². The average molecular weight is 447 g/mol. The molecule has 5 rings (SSSR count). The number of likely N-dealkylation sites (N-methyl/N-ethyl adjacent to an activating group) is 1. The first-order chi connectivity index (χ1) is 15.1. The molecule has 2 aromatic carbocycles. The van der Waals surface area contributed by atoms with Crippen LogP contribution in [-0.4, -0.2) is 36.0 Å². The Labute approximate surface area is 186 Å².